The molecule has 0 atom stereocenters. The number of hydrogen-bond acceptors (Lipinski definition) is 4. The topological polar surface area (TPSA) is 67.8 Å². The number of benzene rings is 1. The summed E-state index contributed by atoms with van der Waals surface area (Å²) in [5.74, 6) is -0.255. The highest BCUT2D eigenvalue weighted by Gasteiger charge is 2.12. The van der Waals surface area contributed by atoms with Crippen molar-refractivity contribution >= 4 is 22.5 Å². The zero-order valence-corrected chi connectivity index (χ0v) is 10.9. The van der Waals surface area contributed by atoms with Crippen molar-refractivity contribution in [2.75, 3.05) is 5.32 Å². The number of pyridine rings is 1. The van der Waals surface area contributed by atoms with Crippen LogP contribution in [0.4, 0.5) is 5.69 Å². The second kappa shape index (κ2) is 5.05. The van der Waals surface area contributed by atoms with Crippen LogP contribution >= 0.6 is 0 Å². The van der Waals surface area contributed by atoms with E-state index in [1.54, 1.807) is 18.3 Å². The number of aryl methyl sites for hydroxylation is 1. The number of aromatic nitrogens is 3. The summed E-state index contributed by atoms with van der Waals surface area (Å²) in [6, 6.07) is 11.0. The molecule has 2 aromatic heterocycles. The summed E-state index contributed by atoms with van der Waals surface area (Å²) in [5, 5.41) is 3.56. The summed E-state index contributed by atoms with van der Waals surface area (Å²) in [4.78, 5) is 24.6. The number of para-hydroxylation sites is 1. The lowest BCUT2D eigenvalue weighted by atomic mass is 10.2. The number of carbonyl (C=O) groups is 1. The minimum Gasteiger partial charge on any atom is -0.321 e. The molecule has 20 heavy (non-hydrogen) atoms. The van der Waals surface area contributed by atoms with E-state index in [0.29, 0.717) is 11.4 Å². The van der Waals surface area contributed by atoms with Crippen molar-refractivity contribution in [2.24, 2.45) is 0 Å². The smallest absolute Gasteiger partial charge is 0.275 e. The number of fused-ring (bicyclic) bond motifs is 1. The highest BCUT2D eigenvalue weighted by molar-refractivity contribution is 6.10. The predicted octanol–water partition coefficient (Wildman–Crippen LogP) is 2.59. The average Bonchev–Trinajstić information content (AvgIpc) is 2.46. The van der Waals surface area contributed by atoms with Crippen molar-refractivity contribution in [3.8, 4) is 0 Å². The normalized spacial score (nSPS) is 10.4. The number of amides is 1. The molecular weight excluding hydrogens is 252 g/mol. The van der Waals surface area contributed by atoms with Crippen LogP contribution in [-0.2, 0) is 0 Å². The molecule has 0 saturated heterocycles. The van der Waals surface area contributed by atoms with Crippen LogP contribution in [0.1, 0.15) is 16.2 Å². The van der Waals surface area contributed by atoms with Crippen molar-refractivity contribution < 1.29 is 4.79 Å². The van der Waals surface area contributed by atoms with Crippen molar-refractivity contribution in [3.05, 3.63) is 60.3 Å². The lowest BCUT2D eigenvalue weighted by molar-refractivity contribution is 0.102. The quantitative estimate of drug-likeness (QED) is 0.772. The minimum atomic E-state index is -0.255. The molecule has 0 spiro atoms. The Bertz CT molecular complexity index is 780. The van der Waals surface area contributed by atoms with Gasteiger partial charge in [-0.25, -0.2) is 9.97 Å². The van der Waals surface area contributed by atoms with Gasteiger partial charge in [0.05, 0.1) is 5.52 Å². The maximum Gasteiger partial charge on any atom is 0.275 e. The zero-order chi connectivity index (χ0) is 13.9. The van der Waals surface area contributed by atoms with Gasteiger partial charge in [0.25, 0.3) is 5.91 Å². The molecule has 0 unspecified atom stereocenters. The first kappa shape index (κ1) is 12.2. The van der Waals surface area contributed by atoms with E-state index in [0.717, 1.165) is 16.6 Å². The van der Waals surface area contributed by atoms with Gasteiger partial charge in [0.1, 0.15) is 12.0 Å². The molecule has 98 valence electrons. The molecule has 3 rings (SSSR count). The third-order valence-electron chi connectivity index (χ3n) is 2.91. The van der Waals surface area contributed by atoms with Gasteiger partial charge in [0.2, 0.25) is 0 Å². The molecule has 0 aliphatic carbocycles. The average molecular weight is 264 g/mol. The van der Waals surface area contributed by atoms with Gasteiger partial charge in [0, 0.05) is 23.0 Å². The van der Waals surface area contributed by atoms with Crippen LogP contribution in [-0.4, -0.2) is 20.9 Å². The second-order valence-corrected chi connectivity index (χ2v) is 4.38. The summed E-state index contributed by atoms with van der Waals surface area (Å²) in [6.45, 7) is 1.87. The Labute approximate surface area is 115 Å². The molecule has 0 fully saturated rings. The van der Waals surface area contributed by atoms with Gasteiger partial charge >= 0.3 is 0 Å². The third-order valence-corrected chi connectivity index (χ3v) is 2.91. The summed E-state index contributed by atoms with van der Waals surface area (Å²) >= 11 is 0. The Morgan fingerprint density at radius 1 is 1.10 bits per heavy atom. The van der Waals surface area contributed by atoms with Crippen molar-refractivity contribution in [2.45, 2.75) is 6.92 Å². The van der Waals surface area contributed by atoms with Gasteiger partial charge in [0.15, 0.2) is 0 Å². The lowest BCUT2D eigenvalue weighted by Crippen LogP contribution is -2.14. The first-order valence-electron chi connectivity index (χ1n) is 6.18. The molecule has 3 aromatic rings. The summed E-state index contributed by atoms with van der Waals surface area (Å²) < 4.78 is 0. The number of anilines is 1. The van der Waals surface area contributed by atoms with E-state index in [-0.39, 0.29) is 5.91 Å². The van der Waals surface area contributed by atoms with E-state index >= 15 is 0 Å². The largest absolute Gasteiger partial charge is 0.321 e. The van der Waals surface area contributed by atoms with Gasteiger partial charge in [-0.2, -0.15) is 0 Å². The zero-order valence-electron chi connectivity index (χ0n) is 10.9. The minimum absolute atomic E-state index is 0.255. The standard InChI is InChI=1S/C15H12N4O/c1-10-8-11(6-7-16-10)19-15(20)14-12-4-2-3-5-13(12)17-9-18-14/h2-9H,1H3,(H,16,19,20). The first-order chi connectivity index (χ1) is 9.74. The molecule has 2 heterocycles. The molecule has 0 aliphatic heterocycles. The van der Waals surface area contributed by atoms with Crippen LogP contribution in [0.3, 0.4) is 0 Å². The molecular formula is C15H12N4O. The fourth-order valence-electron chi connectivity index (χ4n) is 2.00. The van der Waals surface area contributed by atoms with E-state index in [1.807, 2.05) is 31.2 Å². The molecule has 0 saturated carbocycles. The Morgan fingerprint density at radius 3 is 2.80 bits per heavy atom. The Balaban J connectivity index is 1.97. The summed E-state index contributed by atoms with van der Waals surface area (Å²) in [6.07, 6.45) is 3.05. The number of carbonyl (C=O) groups excluding carboxylic acids is 1. The van der Waals surface area contributed by atoms with E-state index in [1.165, 1.54) is 6.33 Å². The van der Waals surface area contributed by atoms with Crippen LogP contribution in [0.15, 0.2) is 48.9 Å². The molecule has 1 N–H and O–H groups in total. The number of nitrogens with zero attached hydrogens (tertiary/aromatic N) is 3. The van der Waals surface area contributed by atoms with E-state index in [4.69, 9.17) is 0 Å². The number of nitrogens with one attached hydrogen (secondary N) is 1. The molecule has 5 nitrogen and oxygen atoms in total. The van der Waals surface area contributed by atoms with Gasteiger partial charge in [-0.1, -0.05) is 18.2 Å². The van der Waals surface area contributed by atoms with Crippen LogP contribution in [0.2, 0.25) is 0 Å². The Hall–Kier alpha value is -2.82. The summed E-state index contributed by atoms with van der Waals surface area (Å²) in [5.41, 5.74) is 2.66. The number of rotatable bonds is 2. The van der Waals surface area contributed by atoms with E-state index < -0.39 is 0 Å². The fourth-order valence-corrected chi connectivity index (χ4v) is 2.00. The summed E-state index contributed by atoms with van der Waals surface area (Å²) in [7, 11) is 0. The monoisotopic (exact) mass is 264 g/mol. The van der Waals surface area contributed by atoms with Crippen molar-refractivity contribution in [1.29, 1.82) is 0 Å². The molecule has 1 aromatic carbocycles. The molecule has 0 radical (unpaired) electrons. The Kier molecular flexibility index (Phi) is 3.09. The first-order valence-corrected chi connectivity index (χ1v) is 6.18. The van der Waals surface area contributed by atoms with Gasteiger partial charge in [-0.15, -0.1) is 0 Å². The second-order valence-electron chi connectivity index (χ2n) is 4.38. The van der Waals surface area contributed by atoms with Gasteiger partial charge in [-0.05, 0) is 25.1 Å². The SMILES string of the molecule is Cc1cc(NC(=O)c2ncnc3ccccc23)ccn1. The van der Waals surface area contributed by atoms with Crippen molar-refractivity contribution in [3.63, 3.8) is 0 Å². The molecule has 5 heteroatoms. The highest BCUT2D eigenvalue weighted by atomic mass is 16.1. The maximum absolute atomic E-state index is 12.3. The number of hydrogen-bond donors (Lipinski definition) is 1. The van der Waals surface area contributed by atoms with Crippen LogP contribution in [0.25, 0.3) is 10.9 Å². The van der Waals surface area contributed by atoms with E-state index in [2.05, 4.69) is 20.3 Å². The van der Waals surface area contributed by atoms with Crippen LogP contribution in [0.5, 0.6) is 0 Å². The molecule has 0 bridgehead atoms. The third kappa shape index (κ3) is 2.33. The highest BCUT2D eigenvalue weighted by Crippen LogP contribution is 2.16. The van der Waals surface area contributed by atoms with Crippen LogP contribution < -0.4 is 5.32 Å². The van der Waals surface area contributed by atoms with Crippen molar-refractivity contribution in [1.82, 2.24) is 15.0 Å². The Morgan fingerprint density at radius 2 is 1.95 bits per heavy atom. The fraction of sp³-hybridized carbons (Fsp3) is 0.0667. The lowest BCUT2D eigenvalue weighted by Gasteiger charge is -2.07. The van der Waals surface area contributed by atoms with Crippen LogP contribution in [0, 0.1) is 6.92 Å². The van der Waals surface area contributed by atoms with Gasteiger partial charge < -0.3 is 5.32 Å². The van der Waals surface area contributed by atoms with Gasteiger partial charge in [-0.3, -0.25) is 9.78 Å². The van der Waals surface area contributed by atoms with E-state index in [9.17, 15) is 4.79 Å². The maximum atomic E-state index is 12.3. The predicted molar refractivity (Wildman–Crippen MR) is 76.5 cm³/mol. The molecule has 1 amide bonds. The molecule has 0 aliphatic rings.